The van der Waals surface area contributed by atoms with Gasteiger partial charge in [-0.3, -0.25) is 4.90 Å². The molecule has 0 aromatic carbocycles. The second-order valence-corrected chi connectivity index (χ2v) is 7.24. The van der Waals surface area contributed by atoms with E-state index < -0.39 is 0 Å². The summed E-state index contributed by atoms with van der Waals surface area (Å²) in [5, 5.41) is 0. The third-order valence-corrected chi connectivity index (χ3v) is 5.78. The van der Waals surface area contributed by atoms with Gasteiger partial charge in [0.05, 0.1) is 11.7 Å². The highest BCUT2D eigenvalue weighted by Gasteiger charge is 2.42. The summed E-state index contributed by atoms with van der Waals surface area (Å²) in [6.07, 6.45) is 15.2. The van der Waals surface area contributed by atoms with Crippen LogP contribution >= 0.6 is 0 Å². The molecule has 1 heterocycles. The fourth-order valence-electron chi connectivity index (χ4n) is 4.66. The molecule has 1 spiro atoms. The molecule has 0 amide bonds. The lowest BCUT2D eigenvalue weighted by Crippen LogP contribution is -2.41. The Morgan fingerprint density at radius 3 is 2.45 bits per heavy atom. The van der Waals surface area contributed by atoms with E-state index in [9.17, 15) is 0 Å². The van der Waals surface area contributed by atoms with Crippen LogP contribution < -0.4 is 5.73 Å². The van der Waals surface area contributed by atoms with Crippen molar-refractivity contribution < 1.29 is 4.74 Å². The van der Waals surface area contributed by atoms with E-state index in [4.69, 9.17) is 10.5 Å². The van der Waals surface area contributed by atoms with Gasteiger partial charge in [-0.05, 0) is 58.0 Å². The zero-order valence-electron chi connectivity index (χ0n) is 13.0. The first kappa shape index (κ1) is 14.8. The summed E-state index contributed by atoms with van der Waals surface area (Å²) in [6, 6.07) is 0.810. The molecule has 2 N–H and O–H groups in total. The molecule has 0 aromatic heterocycles. The maximum Gasteiger partial charge on any atom is 0.0710 e. The van der Waals surface area contributed by atoms with E-state index in [1.54, 1.807) is 0 Å². The van der Waals surface area contributed by atoms with Crippen molar-refractivity contribution in [3.05, 3.63) is 0 Å². The van der Waals surface area contributed by atoms with Crippen LogP contribution in [0.4, 0.5) is 0 Å². The molecule has 3 nitrogen and oxygen atoms in total. The Hall–Kier alpha value is -0.120. The molecular formula is C17H32N2O. The fraction of sp³-hybridized carbons (Fsp3) is 1.00. The van der Waals surface area contributed by atoms with Crippen molar-refractivity contribution in [2.24, 2.45) is 5.73 Å². The lowest BCUT2D eigenvalue weighted by molar-refractivity contribution is -0.0512. The van der Waals surface area contributed by atoms with Gasteiger partial charge < -0.3 is 10.5 Å². The van der Waals surface area contributed by atoms with Crippen LogP contribution in [0.3, 0.4) is 0 Å². The van der Waals surface area contributed by atoms with Gasteiger partial charge in [0.15, 0.2) is 0 Å². The molecule has 3 aliphatic rings. The first-order valence-corrected chi connectivity index (χ1v) is 8.93. The van der Waals surface area contributed by atoms with Crippen molar-refractivity contribution in [3.8, 4) is 0 Å². The first-order valence-electron chi connectivity index (χ1n) is 8.93. The summed E-state index contributed by atoms with van der Waals surface area (Å²) in [6.45, 7) is 3.15. The van der Waals surface area contributed by atoms with Crippen LogP contribution in [0.1, 0.15) is 70.6 Å². The lowest BCUT2D eigenvalue weighted by Gasteiger charge is -2.32. The minimum atomic E-state index is 0.292. The van der Waals surface area contributed by atoms with Crippen LogP contribution in [0, 0.1) is 0 Å². The van der Waals surface area contributed by atoms with Gasteiger partial charge in [0.1, 0.15) is 0 Å². The fourth-order valence-corrected chi connectivity index (χ4v) is 4.66. The maximum absolute atomic E-state index is 6.51. The molecule has 1 atom stereocenters. The van der Waals surface area contributed by atoms with Gasteiger partial charge in [0.2, 0.25) is 0 Å². The molecule has 3 fully saturated rings. The molecule has 0 radical (unpaired) electrons. The third kappa shape index (κ3) is 3.37. The van der Waals surface area contributed by atoms with E-state index in [1.807, 2.05) is 0 Å². The zero-order valence-corrected chi connectivity index (χ0v) is 13.0. The van der Waals surface area contributed by atoms with E-state index >= 15 is 0 Å². The van der Waals surface area contributed by atoms with E-state index in [2.05, 4.69) is 4.90 Å². The van der Waals surface area contributed by atoms with Crippen molar-refractivity contribution in [3.63, 3.8) is 0 Å². The molecule has 1 saturated heterocycles. The molecule has 1 aliphatic heterocycles. The average molecular weight is 280 g/mol. The Morgan fingerprint density at radius 1 is 1.00 bits per heavy atom. The first-order chi connectivity index (χ1) is 9.81. The average Bonchev–Trinajstić information content (AvgIpc) is 3.18. The summed E-state index contributed by atoms with van der Waals surface area (Å²) in [5.74, 6) is 0. The van der Waals surface area contributed by atoms with Gasteiger partial charge in [-0.15, -0.1) is 0 Å². The molecule has 116 valence electrons. The summed E-state index contributed by atoms with van der Waals surface area (Å²) in [4.78, 5) is 2.71. The molecule has 3 heteroatoms. The van der Waals surface area contributed by atoms with Crippen LogP contribution in [-0.4, -0.2) is 42.3 Å². The Morgan fingerprint density at radius 2 is 1.75 bits per heavy atom. The number of ether oxygens (including phenoxy) is 1. The number of hydrogen-bond acceptors (Lipinski definition) is 3. The van der Waals surface area contributed by atoms with Gasteiger partial charge in [0.25, 0.3) is 0 Å². The molecule has 2 saturated carbocycles. The van der Waals surface area contributed by atoms with E-state index in [-0.39, 0.29) is 0 Å². The largest absolute Gasteiger partial charge is 0.370 e. The molecule has 0 bridgehead atoms. The van der Waals surface area contributed by atoms with Crippen LogP contribution in [0.15, 0.2) is 0 Å². The highest BCUT2D eigenvalue weighted by atomic mass is 16.5. The summed E-state index contributed by atoms with van der Waals surface area (Å²) >= 11 is 0. The second kappa shape index (κ2) is 6.76. The predicted molar refractivity (Wildman–Crippen MR) is 82.8 cm³/mol. The Kier molecular flexibility index (Phi) is 5.00. The van der Waals surface area contributed by atoms with Crippen molar-refractivity contribution in [2.45, 2.75) is 88.4 Å². The highest BCUT2D eigenvalue weighted by Crippen LogP contribution is 2.43. The Bertz CT molecular complexity index is 295. The molecule has 2 aliphatic carbocycles. The number of nitrogens with zero attached hydrogens (tertiary/aromatic N) is 1. The molecule has 3 rings (SSSR count). The van der Waals surface area contributed by atoms with Crippen LogP contribution in [0.25, 0.3) is 0 Å². The number of rotatable bonds is 6. The smallest absolute Gasteiger partial charge is 0.0710 e. The highest BCUT2D eigenvalue weighted by molar-refractivity contribution is 4.94. The Labute approximate surface area is 124 Å². The SMILES string of the molecule is NCCCN(CC1CCC2(CCCC2)O1)C1CCCC1. The predicted octanol–water partition coefficient (Wildman–Crippen LogP) is 3.07. The van der Waals surface area contributed by atoms with Crippen LogP contribution in [0.5, 0.6) is 0 Å². The normalized spacial score (nSPS) is 30.0. The van der Waals surface area contributed by atoms with Crippen molar-refractivity contribution in [2.75, 3.05) is 19.6 Å². The summed E-state index contributed by atoms with van der Waals surface area (Å²) in [5.41, 5.74) is 6.01. The van der Waals surface area contributed by atoms with E-state index in [1.165, 1.54) is 70.8 Å². The quantitative estimate of drug-likeness (QED) is 0.812. The monoisotopic (exact) mass is 280 g/mol. The molecule has 20 heavy (non-hydrogen) atoms. The van der Waals surface area contributed by atoms with Gasteiger partial charge in [0, 0.05) is 12.6 Å². The van der Waals surface area contributed by atoms with Crippen molar-refractivity contribution in [1.29, 1.82) is 0 Å². The number of hydrogen-bond donors (Lipinski definition) is 1. The Balaban J connectivity index is 1.53. The van der Waals surface area contributed by atoms with Crippen LogP contribution in [0.2, 0.25) is 0 Å². The summed E-state index contributed by atoms with van der Waals surface area (Å²) in [7, 11) is 0. The topological polar surface area (TPSA) is 38.5 Å². The molecule has 0 aromatic rings. The van der Waals surface area contributed by atoms with Gasteiger partial charge >= 0.3 is 0 Å². The standard InChI is InChI=1S/C17H32N2O/c18-12-5-13-19(15-6-1-2-7-15)14-16-8-11-17(20-16)9-3-4-10-17/h15-16H,1-14,18H2. The second-order valence-electron chi connectivity index (χ2n) is 7.24. The van der Waals surface area contributed by atoms with Gasteiger partial charge in [-0.1, -0.05) is 25.7 Å². The van der Waals surface area contributed by atoms with Gasteiger partial charge in [-0.25, -0.2) is 0 Å². The van der Waals surface area contributed by atoms with Crippen LogP contribution in [-0.2, 0) is 4.74 Å². The van der Waals surface area contributed by atoms with Crippen molar-refractivity contribution in [1.82, 2.24) is 4.90 Å². The third-order valence-electron chi connectivity index (χ3n) is 5.78. The molecular weight excluding hydrogens is 248 g/mol. The summed E-state index contributed by atoms with van der Waals surface area (Å²) < 4.78 is 6.51. The minimum absolute atomic E-state index is 0.292. The molecule has 1 unspecified atom stereocenters. The maximum atomic E-state index is 6.51. The van der Waals surface area contributed by atoms with Gasteiger partial charge in [-0.2, -0.15) is 0 Å². The minimum Gasteiger partial charge on any atom is -0.370 e. The van der Waals surface area contributed by atoms with Crippen molar-refractivity contribution >= 4 is 0 Å². The lowest BCUT2D eigenvalue weighted by atomic mass is 9.98. The van der Waals surface area contributed by atoms with E-state index in [0.29, 0.717) is 11.7 Å². The zero-order chi connectivity index (χ0) is 13.8. The number of nitrogens with two attached hydrogens (primary N) is 1. The van der Waals surface area contributed by atoms with E-state index in [0.717, 1.165) is 25.6 Å².